The van der Waals surface area contributed by atoms with Gasteiger partial charge in [-0.15, -0.1) is 0 Å². The number of carbonyl (C=O) groups excluding carboxylic acids is 2. The molecular formula is C16H12Cl2N2O2. The third kappa shape index (κ3) is 2.67. The molecule has 0 bridgehead atoms. The molecule has 112 valence electrons. The molecule has 0 aliphatic carbocycles. The van der Waals surface area contributed by atoms with E-state index in [1.165, 1.54) is 0 Å². The molecule has 0 saturated carbocycles. The fourth-order valence-electron chi connectivity index (χ4n) is 2.44. The molecule has 1 aliphatic rings. The van der Waals surface area contributed by atoms with Crippen LogP contribution in [0.4, 0.5) is 0 Å². The van der Waals surface area contributed by atoms with Crippen molar-refractivity contribution in [3.05, 3.63) is 69.7 Å². The van der Waals surface area contributed by atoms with Crippen molar-refractivity contribution in [1.29, 1.82) is 0 Å². The molecule has 2 aromatic rings. The lowest BCUT2D eigenvalue weighted by Gasteiger charge is -2.30. The Kier molecular flexibility index (Phi) is 4.05. The second-order valence-corrected chi connectivity index (χ2v) is 5.74. The highest BCUT2D eigenvalue weighted by Crippen LogP contribution is 2.29. The summed E-state index contributed by atoms with van der Waals surface area (Å²) in [6.45, 7) is 0. The average Bonchev–Trinajstić information content (AvgIpc) is 2.51. The van der Waals surface area contributed by atoms with Gasteiger partial charge in [-0.1, -0.05) is 59.6 Å². The zero-order valence-electron chi connectivity index (χ0n) is 11.3. The minimum atomic E-state index is -0.806. The number of hydrogen-bond donors (Lipinski definition) is 2. The molecule has 2 aromatic carbocycles. The number of rotatable bonds is 2. The summed E-state index contributed by atoms with van der Waals surface area (Å²) >= 11 is 12.2. The lowest BCUT2D eigenvalue weighted by Crippen LogP contribution is -2.53. The van der Waals surface area contributed by atoms with Crippen LogP contribution in [0.2, 0.25) is 10.0 Å². The predicted molar refractivity (Wildman–Crippen MR) is 84.7 cm³/mol. The number of amides is 2. The maximum Gasteiger partial charge on any atom is 0.248 e. The molecule has 0 radical (unpaired) electrons. The van der Waals surface area contributed by atoms with E-state index < -0.39 is 12.1 Å². The maximum atomic E-state index is 12.4. The van der Waals surface area contributed by atoms with Gasteiger partial charge in [-0.2, -0.15) is 0 Å². The topological polar surface area (TPSA) is 58.2 Å². The summed E-state index contributed by atoms with van der Waals surface area (Å²) in [6.07, 6.45) is 0. The number of piperazine rings is 1. The number of benzene rings is 2. The number of halogens is 2. The van der Waals surface area contributed by atoms with Crippen molar-refractivity contribution < 1.29 is 9.59 Å². The van der Waals surface area contributed by atoms with Crippen LogP contribution in [0.5, 0.6) is 0 Å². The van der Waals surface area contributed by atoms with Gasteiger partial charge >= 0.3 is 0 Å². The van der Waals surface area contributed by atoms with Crippen molar-refractivity contribution in [3.8, 4) is 0 Å². The molecule has 6 heteroatoms. The Balaban J connectivity index is 1.90. The molecule has 1 saturated heterocycles. The van der Waals surface area contributed by atoms with Crippen molar-refractivity contribution in [1.82, 2.24) is 10.6 Å². The van der Waals surface area contributed by atoms with E-state index in [0.29, 0.717) is 21.2 Å². The van der Waals surface area contributed by atoms with E-state index in [4.69, 9.17) is 23.2 Å². The highest BCUT2D eigenvalue weighted by atomic mass is 35.5. The fraction of sp³-hybridized carbons (Fsp3) is 0.125. The lowest BCUT2D eigenvalue weighted by atomic mass is 9.98. The van der Waals surface area contributed by atoms with Gasteiger partial charge in [0.15, 0.2) is 0 Å². The van der Waals surface area contributed by atoms with Crippen LogP contribution in [0.1, 0.15) is 23.2 Å². The SMILES string of the molecule is O=C1NC(c2ccccc2Cl)C(=O)NC1c1ccccc1Cl. The summed E-state index contributed by atoms with van der Waals surface area (Å²) in [5.74, 6) is -0.643. The minimum Gasteiger partial charge on any atom is -0.338 e. The molecular weight excluding hydrogens is 323 g/mol. The molecule has 1 fully saturated rings. The smallest absolute Gasteiger partial charge is 0.248 e. The van der Waals surface area contributed by atoms with Crippen molar-refractivity contribution in [2.45, 2.75) is 12.1 Å². The Labute approximate surface area is 137 Å². The number of hydrogen-bond acceptors (Lipinski definition) is 2. The van der Waals surface area contributed by atoms with E-state index in [1.54, 1.807) is 48.5 Å². The Bertz CT molecular complexity index is 685. The van der Waals surface area contributed by atoms with Gasteiger partial charge in [0.2, 0.25) is 11.8 Å². The molecule has 2 amide bonds. The zero-order chi connectivity index (χ0) is 15.7. The maximum absolute atomic E-state index is 12.4. The second-order valence-electron chi connectivity index (χ2n) is 4.93. The summed E-state index contributed by atoms with van der Waals surface area (Å²) in [5, 5.41) is 6.27. The van der Waals surface area contributed by atoms with E-state index in [2.05, 4.69) is 10.6 Å². The molecule has 2 atom stereocenters. The summed E-state index contributed by atoms with van der Waals surface area (Å²) in [4.78, 5) is 24.7. The quantitative estimate of drug-likeness (QED) is 0.886. The number of nitrogens with one attached hydrogen (secondary N) is 2. The molecule has 1 heterocycles. The molecule has 22 heavy (non-hydrogen) atoms. The summed E-state index contributed by atoms with van der Waals surface area (Å²) in [5.41, 5.74) is 1.13. The number of carbonyl (C=O) groups is 2. The first-order valence-electron chi connectivity index (χ1n) is 6.67. The van der Waals surface area contributed by atoms with E-state index in [1.807, 2.05) is 0 Å². The molecule has 2 unspecified atom stereocenters. The Morgan fingerprint density at radius 3 is 1.41 bits per heavy atom. The first-order chi connectivity index (χ1) is 10.6. The van der Waals surface area contributed by atoms with Gasteiger partial charge in [0.25, 0.3) is 0 Å². The minimum absolute atomic E-state index is 0.322. The molecule has 0 spiro atoms. The highest BCUT2D eigenvalue weighted by molar-refractivity contribution is 6.32. The van der Waals surface area contributed by atoms with Crippen LogP contribution in [0.25, 0.3) is 0 Å². The van der Waals surface area contributed by atoms with Crippen LogP contribution in [0.3, 0.4) is 0 Å². The normalized spacial score (nSPS) is 21.2. The Hall–Kier alpha value is -2.04. The van der Waals surface area contributed by atoms with E-state index in [-0.39, 0.29) is 11.8 Å². The van der Waals surface area contributed by atoms with Gasteiger partial charge < -0.3 is 10.6 Å². The molecule has 1 aliphatic heterocycles. The standard InChI is InChI=1S/C16H12Cl2N2O2/c17-11-7-3-1-5-9(11)13-15(21)20-14(16(22)19-13)10-6-2-4-8-12(10)18/h1-8,13-14H,(H,19,22)(H,20,21). The predicted octanol–water partition coefficient (Wildman–Crippen LogP) is 3.02. The summed E-state index contributed by atoms with van der Waals surface area (Å²) in [6, 6.07) is 12.2. The van der Waals surface area contributed by atoms with Crippen LogP contribution in [-0.2, 0) is 9.59 Å². The van der Waals surface area contributed by atoms with Gasteiger partial charge in [0, 0.05) is 21.2 Å². The van der Waals surface area contributed by atoms with Gasteiger partial charge in [0.1, 0.15) is 12.1 Å². The monoisotopic (exact) mass is 334 g/mol. The van der Waals surface area contributed by atoms with E-state index in [9.17, 15) is 9.59 Å². The van der Waals surface area contributed by atoms with Gasteiger partial charge in [-0.25, -0.2) is 0 Å². The molecule has 3 rings (SSSR count). The largest absolute Gasteiger partial charge is 0.338 e. The van der Waals surface area contributed by atoms with Gasteiger partial charge in [0.05, 0.1) is 0 Å². The Morgan fingerprint density at radius 2 is 1.05 bits per heavy atom. The summed E-state index contributed by atoms with van der Waals surface area (Å²) < 4.78 is 0. The zero-order valence-corrected chi connectivity index (χ0v) is 12.9. The first-order valence-corrected chi connectivity index (χ1v) is 7.43. The van der Waals surface area contributed by atoms with Crippen LogP contribution in [0, 0.1) is 0 Å². The second kappa shape index (κ2) is 5.99. The van der Waals surface area contributed by atoms with E-state index in [0.717, 1.165) is 0 Å². The van der Waals surface area contributed by atoms with Crippen molar-refractivity contribution in [3.63, 3.8) is 0 Å². The molecule has 0 aromatic heterocycles. The summed E-state index contributed by atoms with van der Waals surface area (Å²) in [7, 11) is 0. The average molecular weight is 335 g/mol. The van der Waals surface area contributed by atoms with Crippen molar-refractivity contribution in [2.24, 2.45) is 0 Å². The third-order valence-corrected chi connectivity index (χ3v) is 4.22. The van der Waals surface area contributed by atoms with Crippen LogP contribution >= 0.6 is 23.2 Å². The third-order valence-electron chi connectivity index (χ3n) is 3.53. The lowest BCUT2D eigenvalue weighted by molar-refractivity contribution is -0.137. The van der Waals surface area contributed by atoms with Crippen LogP contribution in [0.15, 0.2) is 48.5 Å². The molecule has 4 nitrogen and oxygen atoms in total. The Morgan fingerprint density at radius 1 is 0.682 bits per heavy atom. The van der Waals surface area contributed by atoms with Crippen molar-refractivity contribution in [2.75, 3.05) is 0 Å². The fourth-order valence-corrected chi connectivity index (χ4v) is 2.93. The van der Waals surface area contributed by atoms with E-state index >= 15 is 0 Å². The molecule has 2 N–H and O–H groups in total. The van der Waals surface area contributed by atoms with Crippen molar-refractivity contribution >= 4 is 35.0 Å². The highest BCUT2D eigenvalue weighted by Gasteiger charge is 2.36. The van der Waals surface area contributed by atoms with Gasteiger partial charge in [-0.05, 0) is 12.1 Å². The first kappa shape index (κ1) is 14.9. The van der Waals surface area contributed by atoms with Crippen LogP contribution in [-0.4, -0.2) is 11.8 Å². The van der Waals surface area contributed by atoms with Crippen LogP contribution < -0.4 is 10.6 Å². The van der Waals surface area contributed by atoms with Gasteiger partial charge in [-0.3, -0.25) is 9.59 Å².